The number of hydrogen-bond donors (Lipinski definition) is 0. The van der Waals surface area contributed by atoms with E-state index in [4.69, 9.17) is 0 Å². The van der Waals surface area contributed by atoms with E-state index in [1.54, 1.807) is 0 Å². The van der Waals surface area contributed by atoms with Gasteiger partial charge in [-0.15, -0.1) is 0 Å². The number of nitrogens with zero attached hydrogens (tertiary/aromatic N) is 2. The topological polar surface area (TPSA) is 6.48 Å². The largest absolute Gasteiger partial charge is 0.311 e. The van der Waals surface area contributed by atoms with Crippen molar-refractivity contribution in [3.8, 4) is 22.3 Å². The molecule has 2 heterocycles. The molecule has 0 amide bonds. The first kappa shape index (κ1) is 38.6. The van der Waals surface area contributed by atoms with Crippen molar-refractivity contribution >= 4 is 57.2 Å². The van der Waals surface area contributed by atoms with E-state index >= 15 is 0 Å². The van der Waals surface area contributed by atoms with Crippen molar-refractivity contribution in [3.05, 3.63) is 172 Å². The molecule has 0 bridgehead atoms. The van der Waals surface area contributed by atoms with Crippen LogP contribution in [0.15, 0.2) is 133 Å². The van der Waals surface area contributed by atoms with Crippen LogP contribution in [0.1, 0.15) is 132 Å². The first-order chi connectivity index (χ1) is 31.0. The molecule has 0 spiro atoms. The van der Waals surface area contributed by atoms with Crippen molar-refractivity contribution < 1.29 is 0 Å². The van der Waals surface area contributed by atoms with Crippen LogP contribution >= 0.6 is 0 Å². The van der Waals surface area contributed by atoms with E-state index in [2.05, 4.69) is 192 Å². The van der Waals surface area contributed by atoms with Gasteiger partial charge in [0.2, 0.25) is 0 Å². The van der Waals surface area contributed by atoms with Crippen molar-refractivity contribution in [2.45, 2.75) is 121 Å². The molecule has 316 valence electrons. The van der Waals surface area contributed by atoms with Gasteiger partial charge in [0.25, 0.3) is 6.71 Å². The fraction of sp³-hybridized carbons (Fsp3) is 0.311. The molecule has 13 rings (SSSR count). The second-order valence-electron chi connectivity index (χ2n) is 21.7. The number of hydrogen-bond acceptors (Lipinski definition) is 2. The average molecular weight is 831 g/mol. The Hall–Kier alpha value is -5.80. The molecule has 3 heteroatoms. The van der Waals surface area contributed by atoms with Crippen LogP contribution < -0.4 is 26.2 Å². The van der Waals surface area contributed by atoms with Crippen LogP contribution in [0.25, 0.3) is 22.3 Å². The lowest BCUT2D eigenvalue weighted by atomic mass is 9.33. The fourth-order valence-electron chi connectivity index (χ4n) is 13.6. The molecule has 2 fully saturated rings. The second kappa shape index (κ2) is 13.2. The summed E-state index contributed by atoms with van der Waals surface area (Å²) >= 11 is 0. The van der Waals surface area contributed by atoms with Crippen LogP contribution in [0.5, 0.6) is 0 Å². The lowest BCUT2D eigenvalue weighted by molar-refractivity contribution is 0.607. The summed E-state index contributed by atoms with van der Waals surface area (Å²) < 4.78 is 0. The first-order valence-electron chi connectivity index (χ1n) is 24.5. The van der Waals surface area contributed by atoms with Crippen molar-refractivity contribution in [3.63, 3.8) is 0 Å². The number of benzene rings is 7. The summed E-state index contributed by atoms with van der Waals surface area (Å²) in [4.78, 5) is 5.30. The number of anilines is 6. The standard InChI is InChI=1S/C61H59BN2/c1-8-26-60(28-29-60)39-18-22-41(23-19-39)63-53-34-45-43-14-10-12-16-47(43)58(4,5)49(45)36-51(53)62-52-37-50-46(44-15-11-13-17-48(44)59(50,6)7)35-54(52)64(56-33-38(3)32-55(63)57(56)62)42-24-20-40(21-25-42)61(27-9-2)30-31-61/h10-25,32-37H,8-9,26-31H2,1-7H3. The van der Waals surface area contributed by atoms with E-state index in [0.717, 1.165) is 0 Å². The van der Waals surface area contributed by atoms with E-state index < -0.39 is 0 Å². The Morgan fingerprint density at radius 1 is 0.453 bits per heavy atom. The van der Waals surface area contributed by atoms with Crippen LogP contribution in [-0.4, -0.2) is 6.71 Å². The van der Waals surface area contributed by atoms with Gasteiger partial charge in [0.15, 0.2) is 0 Å². The maximum atomic E-state index is 2.65. The van der Waals surface area contributed by atoms with E-state index in [1.807, 2.05) is 0 Å². The van der Waals surface area contributed by atoms with Crippen molar-refractivity contribution in [1.82, 2.24) is 0 Å². The van der Waals surface area contributed by atoms with Crippen LogP contribution in [-0.2, 0) is 21.7 Å². The van der Waals surface area contributed by atoms with Gasteiger partial charge in [-0.05, 0) is 182 Å². The van der Waals surface area contributed by atoms with Gasteiger partial charge in [-0.1, -0.05) is 139 Å². The maximum Gasteiger partial charge on any atom is 0.252 e. The number of aryl methyl sites for hydroxylation is 1. The second-order valence-corrected chi connectivity index (χ2v) is 21.7. The number of rotatable bonds is 8. The molecule has 64 heavy (non-hydrogen) atoms. The number of fused-ring (bicyclic) bond motifs is 10. The van der Waals surface area contributed by atoms with Gasteiger partial charge in [0.1, 0.15) is 0 Å². The third kappa shape index (κ3) is 5.16. The lowest BCUT2D eigenvalue weighted by Gasteiger charge is -2.45. The van der Waals surface area contributed by atoms with Gasteiger partial charge >= 0.3 is 0 Å². The normalized spacial score (nSPS) is 18.6. The first-order valence-corrected chi connectivity index (χ1v) is 24.5. The molecular formula is C61H59BN2. The Morgan fingerprint density at radius 3 is 1.25 bits per heavy atom. The Bertz CT molecular complexity index is 2900. The highest BCUT2D eigenvalue weighted by atomic mass is 15.2. The highest BCUT2D eigenvalue weighted by Crippen LogP contribution is 2.57. The van der Waals surface area contributed by atoms with Gasteiger partial charge in [0.05, 0.1) is 0 Å². The molecule has 7 aromatic carbocycles. The Kier molecular flexibility index (Phi) is 7.94. The third-order valence-electron chi connectivity index (χ3n) is 17.3. The van der Waals surface area contributed by atoms with Crippen LogP contribution in [0.4, 0.5) is 34.1 Å². The predicted molar refractivity (Wildman–Crippen MR) is 272 cm³/mol. The SMILES string of the molecule is CCCC1(c2ccc(N3c4cc5c(cc4B4c6cc7c(cc6N(c6ccc(C8(CCC)CC8)cc6)c6cc(C)cc3c64)-c3ccccc3C7(C)C)C(C)(C)c3ccccc3-5)cc2)CC1. The highest BCUT2D eigenvalue weighted by Gasteiger charge is 2.49. The summed E-state index contributed by atoms with van der Waals surface area (Å²) in [6.45, 7) is 16.8. The summed E-state index contributed by atoms with van der Waals surface area (Å²) in [5.74, 6) is 0. The van der Waals surface area contributed by atoms with Crippen molar-refractivity contribution in [2.75, 3.05) is 9.80 Å². The molecule has 0 aromatic heterocycles. The van der Waals surface area contributed by atoms with E-state index in [1.165, 1.54) is 163 Å². The lowest BCUT2D eigenvalue weighted by Crippen LogP contribution is -2.61. The summed E-state index contributed by atoms with van der Waals surface area (Å²) in [5.41, 5.74) is 27.9. The molecule has 0 atom stereocenters. The Balaban J connectivity index is 1.09. The minimum absolute atomic E-state index is 0.0508. The third-order valence-corrected chi connectivity index (χ3v) is 17.3. The zero-order valence-electron chi connectivity index (χ0n) is 38.8. The molecule has 0 N–H and O–H groups in total. The van der Waals surface area contributed by atoms with Crippen molar-refractivity contribution in [2.24, 2.45) is 0 Å². The summed E-state index contributed by atoms with van der Waals surface area (Å²) in [6.07, 6.45) is 10.2. The summed E-state index contributed by atoms with van der Waals surface area (Å²) in [5, 5.41) is 0. The fourth-order valence-corrected chi connectivity index (χ4v) is 13.6. The molecule has 0 radical (unpaired) electrons. The van der Waals surface area contributed by atoms with Gasteiger partial charge < -0.3 is 9.80 Å². The van der Waals surface area contributed by atoms with E-state index in [0.29, 0.717) is 10.8 Å². The monoisotopic (exact) mass is 830 g/mol. The smallest absolute Gasteiger partial charge is 0.252 e. The molecular weight excluding hydrogens is 771 g/mol. The highest BCUT2D eigenvalue weighted by molar-refractivity contribution is 7.00. The van der Waals surface area contributed by atoms with Gasteiger partial charge in [-0.25, -0.2) is 0 Å². The molecule has 6 aliphatic rings. The van der Waals surface area contributed by atoms with Gasteiger partial charge in [-0.2, -0.15) is 0 Å². The quantitative estimate of drug-likeness (QED) is 0.141. The average Bonchev–Trinajstić information content (AvgIpc) is 4.24. The minimum atomic E-state index is -0.120. The van der Waals surface area contributed by atoms with Crippen LogP contribution in [0.2, 0.25) is 0 Å². The zero-order chi connectivity index (χ0) is 43.5. The Morgan fingerprint density at radius 2 is 0.859 bits per heavy atom. The van der Waals surface area contributed by atoms with Gasteiger partial charge in [0, 0.05) is 45.0 Å². The van der Waals surface area contributed by atoms with E-state index in [-0.39, 0.29) is 17.5 Å². The molecule has 2 nitrogen and oxygen atoms in total. The van der Waals surface area contributed by atoms with Gasteiger partial charge in [-0.3, -0.25) is 0 Å². The van der Waals surface area contributed by atoms with Crippen LogP contribution in [0, 0.1) is 6.92 Å². The predicted octanol–water partition coefficient (Wildman–Crippen LogP) is 14.4. The molecule has 4 aliphatic carbocycles. The van der Waals surface area contributed by atoms with E-state index in [9.17, 15) is 0 Å². The molecule has 7 aromatic rings. The summed E-state index contributed by atoms with van der Waals surface area (Å²) in [6, 6.07) is 53.4. The minimum Gasteiger partial charge on any atom is -0.311 e. The molecule has 0 saturated heterocycles. The molecule has 2 saturated carbocycles. The Labute approximate surface area is 381 Å². The maximum absolute atomic E-state index is 2.65. The molecule has 0 unspecified atom stereocenters. The zero-order valence-corrected chi connectivity index (χ0v) is 38.8. The summed E-state index contributed by atoms with van der Waals surface area (Å²) in [7, 11) is 0. The van der Waals surface area contributed by atoms with Crippen molar-refractivity contribution in [1.29, 1.82) is 0 Å². The molecule has 2 aliphatic heterocycles. The van der Waals surface area contributed by atoms with Crippen LogP contribution in [0.3, 0.4) is 0 Å².